The summed E-state index contributed by atoms with van der Waals surface area (Å²) in [7, 11) is 0. The molecule has 1 saturated carbocycles. The Labute approximate surface area is 159 Å². The van der Waals surface area contributed by atoms with Crippen LogP contribution in [0.2, 0.25) is 0 Å². The van der Waals surface area contributed by atoms with Crippen LogP contribution in [0.4, 0.5) is 10.1 Å². The summed E-state index contributed by atoms with van der Waals surface area (Å²) in [6.45, 7) is 6.32. The third kappa shape index (κ3) is 4.54. The Bertz CT molecular complexity index is 855. The Morgan fingerprint density at radius 2 is 1.67 bits per heavy atom. The molecule has 1 fully saturated rings. The lowest BCUT2D eigenvalue weighted by atomic mass is 10.0. The maximum atomic E-state index is 13.6. The summed E-state index contributed by atoms with van der Waals surface area (Å²) < 4.78 is 13.6. The minimum atomic E-state index is -0.295. The lowest BCUT2D eigenvalue weighted by molar-refractivity contribution is -0.125. The highest BCUT2D eigenvalue weighted by molar-refractivity contribution is 6.00. The van der Waals surface area contributed by atoms with Crippen LogP contribution in [0.3, 0.4) is 0 Å². The molecule has 1 aliphatic rings. The van der Waals surface area contributed by atoms with Crippen molar-refractivity contribution in [2.24, 2.45) is 11.8 Å². The van der Waals surface area contributed by atoms with Gasteiger partial charge in [-0.1, -0.05) is 35.9 Å². The van der Waals surface area contributed by atoms with E-state index in [-0.39, 0.29) is 29.5 Å². The van der Waals surface area contributed by atoms with Gasteiger partial charge in [-0.2, -0.15) is 0 Å². The van der Waals surface area contributed by atoms with Gasteiger partial charge in [0.25, 0.3) is 0 Å². The van der Waals surface area contributed by atoms with Gasteiger partial charge in [-0.25, -0.2) is 4.39 Å². The molecule has 142 valence electrons. The molecule has 4 nitrogen and oxygen atoms in total. The standard InChI is InChI=1S/C22H25FN2O2/c1-13-10-14(2)20(15(3)11-13)25-22(27)18-12-17(18)21(26)24-9-8-16-6-4-5-7-19(16)23/h4-7,10-11,17-18H,8-9,12H2,1-3H3,(H,24,26)(H,25,27). The monoisotopic (exact) mass is 368 g/mol. The summed E-state index contributed by atoms with van der Waals surface area (Å²) in [5, 5.41) is 5.79. The van der Waals surface area contributed by atoms with Gasteiger partial charge < -0.3 is 10.6 Å². The zero-order valence-corrected chi connectivity index (χ0v) is 15.9. The molecule has 0 aliphatic heterocycles. The number of hydrogen-bond donors (Lipinski definition) is 2. The van der Waals surface area contributed by atoms with Crippen LogP contribution in [-0.4, -0.2) is 18.4 Å². The Morgan fingerprint density at radius 3 is 2.33 bits per heavy atom. The predicted molar refractivity (Wildman–Crippen MR) is 104 cm³/mol. The maximum Gasteiger partial charge on any atom is 0.228 e. The van der Waals surface area contributed by atoms with Crippen LogP contribution in [0, 0.1) is 38.4 Å². The van der Waals surface area contributed by atoms with E-state index in [1.54, 1.807) is 18.2 Å². The van der Waals surface area contributed by atoms with E-state index in [2.05, 4.69) is 10.6 Å². The van der Waals surface area contributed by atoms with Gasteiger partial charge in [-0.15, -0.1) is 0 Å². The van der Waals surface area contributed by atoms with E-state index in [0.29, 0.717) is 24.9 Å². The van der Waals surface area contributed by atoms with Crippen LogP contribution in [0.15, 0.2) is 36.4 Å². The summed E-state index contributed by atoms with van der Waals surface area (Å²) in [6, 6.07) is 10.6. The van der Waals surface area contributed by atoms with Gasteiger partial charge in [0.15, 0.2) is 0 Å². The van der Waals surface area contributed by atoms with Gasteiger partial charge in [-0.05, 0) is 56.4 Å². The third-order valence-electron chi connectivity index (χ3n) is 5.04. The van der Waals surface area contributed by atoms with Crippen molar-refractivity contribution in [3.8, 4) is 0 Å². The van der Waals surface area contributed by atoms with Crippen molar-refractivity contribution in [1.29, 1.82) is 0 Å². The summed E-state index contributed by atoms with van der Waals surface area (Å²) in [5.41, 5.74) is 4.60. The van der Waals surface area contributed by atoms with Crippen LogP contribution in [-0.2, 0) is 16.0 Å². The highest BCUT2D eigenvalue weighted by atomic mass is 19.1. The van der Waals surface area contributed by atoms with Crippen LogP contribution in [0.25, 0.3) is 0 Å². The van der Waals surface area contributed by atoms with Crippen molar-refractivity contribution >= 4 is 17.5 Å². The van der Waals surface area contributed by atoms with Gasteiger partial charge in [-0.3, -0.25) is 9.59 Å². The number of carbonyl (C=O) groups excluding carboxylic acids is 2. The summed E-state index contributed by atoms with van der Waals surface area (Å²) >= 11 is 0. The first-order valence-electron chi connectivity index (χ1n) is 9.26. The van der Waals surface area contributed by atoms with E-state index in [9.17, 15) is 14.0 Å². The molecule has 1 aliphatic carbocycles. The molecule has 0 aromatic heterocycles. The largest absolute Gasteiger partial charge is 0.356 e. The molecule has 2 N–H and O–H groups in total. The number of nitrogens with one attached hydrogen (secondary N) is 2. The molecule has 3 rings (SSSR count). The molecule has 0 spiro atoms. The van der Waals surface area contributed by atoms with Gasteiger partial charge in [0.2, 0.25) is 11.8 Å². The van der Waals surface area contributed by atoms with Gasteiger partial charge >= 0.3 is 0 Å². The van der Waals surface area contributed by atoms with Crippen molar-refractivity contribution in [1.82, 2.24) is 5.32 Å². The van der Waals surface area contributed by atoms with E-state index < -0.39 is 0 Å². The molecule has 2 atom stereocenters. The zero-order valence-electron chi connectivity index (χ0n) is 15.9. The summed E-state index contributed by atoms with van der Waals surface area (Å²) in [4.78, 5) is 24.7. The SMILES string of the molecule is Cc1cc(C)c(NC(=O)C2CC2C(=O)NCCc2ccccc2F)c(C)c1. The average Bonchev–Trinajstić information content (AvgIpc) is 3.40. The second-order valence-electron chi connectivity index (χ2n) is 7.34. The fourth-order valence-electron chi connectivity index (χ4n) is 3.52. The minimum absolute atomic E-state index is 0.112. The summed E-state index contributed by atoms with van der Waals surface area (Å²) in [5.74, 6) is -1.10. The molecule has 27 heavy (non-hydrogen) atoms. The molecule has 5 heteroatoms. The maximum absolute atomic E-state index is 13.6. The van der Waals surface area contributed by atoms with E-state index in [1.165, 1.54) is 6.07 Å². The number of benzene rings is 2. The first-order chi connectivity index (χ1) is 12.9. The minimum Gasteiger partial charge on any atom is -0.356 e. The van der Waals surface area contributed by atoms with Crippen molar-refractivity contribution in [3.63, 3.8) is 0 Å². The lowest BCUT2D eigenvalue weighted by Crippen LogP contribution is -2.29. The van der Waals surface area contributed by atoms with Crippen molar-refractivity contribution in [2.75, 3.05) is 11.9 Å². The normalized spacial score (nSPS) is 18.1. The fourth-order valence-corrected chi connectivity index (χ4v) is 3.52. The lowest BCUT2D eigenvalue weighted by Gasteiger charge is -2.13. The summed E-state index contributed by atoms with van der Waals surface area (Å²) in [6.07, 6.45) is 0.991. The van der Waals surface area contributed by atoms with E-state index in [1.807, 2.05) is 32.9 Å². The molecule has 0 heterocycles. The number of hydrogen-bond acceptors (Lipinski definition) is 2. The predicted octanol–water partition coefficient (Wildman–Crippen LogP) is 3.68. The first kappa shape index (κ1) is 19.1. The second kappa shape index (κ2) is 7.91. The van der Waals surface area contributed by atoms with E-state index in [0.717, 1.165) is 22.4 Å². The fraction of sp³-hybridized carbons (Fsp3) is 0.364. The van der Waals surface area contributed by atoms with Gasteiger partial charge in [0.05, 0.1) is 11.8 Å². The molecular formula is C22H25FN2O2. The average molecular weight is 368 g/mol. The van der Waals surface area contributed by atoms with Crippen molar-refractivity contribution < 1.29 is 14.0 Å². The number of halogens is 1. The molecule has 0 radical (unpaired) electrons. The Kier molecular flexibility index (Phi) is 5.59. The van der Waals surface area contributed by atoms with Crippen LogP contribution >= 0.6 is 0 Å². The highest BCUT2D eigenvalue weighted by Crippen LogP contribution is 2.40. The van der Waals surface area contributed by atoms with Crippen LogP contribution in [0.5, 0.6) is 0 Å². The number of rotatable bonds is 6. The number of carbonyl (C=O) groups is 2. The molecule has 0 bridgehead atoms. The van der Waals surface area contributed by atoms with Crippen molar-refractivity contribution in [2.45, 2.75) is 33.6 Å². The molecular weight excluding hydrogens is 343 g/mol. The topological polar surface area (TPSA) is 58.2 Å². The molecule has 2 amide bonds. The van der Waals surface area contributed by atoms with Crippen molar-refractivity contribution in [3.05, 3.63) is 64.5 Å². The van der Waals surface area contributed by atoms with Crippen LogP contribution in [0.1, 0.15) is 28.7 Å². The first-order valence-corrected chi connectivity index (χ1v) is 9.26. The smallest absolute Gasteiger partial charge is 0.228 e. The zero-order chi connectivity index (χ0) is 19.6. The molecule has 2 unspecified atom stereocenters. The van der Waals surface area contributed by atoms with Gasteiger partial charge in [0, 0.05) is 12.2 Å². The molecule has 2 aromatic carbocycles. The quantitative estimate of drug-likeness (QED) is 0.817. The van der Waals surface area contributed by atoms with E-state index >= 15 is 0 Å². The molecule has 2 aromatic rings. The second-order valence-corrected chi connectivity index (χ2v) is 7.34. The van der Waals surface area contributed by atoms with Crippen LogP contribution < -0.4 is 10.6 Å². The molecule has 0 saturated heterocycles. The highest BCUT2D eigenvalue weighted by Gasteiger charge is 2.48. The van der Waals surface area contributed by atoms with Gasteiger partial charge in [0.1, 0.15) is 5.82 Å². The number of amides is 2. The Morgan fingerprint density at radius 1 is 1.04 bits per heavy atom. The number of anilines is 1. The Hall–Kier alpha value is -2.69. The Balaban J connectivity index is 1.49. The third-order valence-corrected chi connectivity index (χ3v) is 5.04. The van der Waals surface area contributed by atoms with E-state index in [4.69, 9.17) is 0 Å². The number of aryl methyl sites for hydroxylation is 3.